The molecule has 4 atom stereocenters. The van der Waals surface area contributed by atoms with Crippen molar-refractivity contribution in [1.82, 2.24) is 0 Å². The lowest BCUT2D eigenvalue weighted by atomic mass is 10.1. The van der Waals surface area contributed by atoms with Crippen molar-refractivity contribution in [2.75, 3.05) is 6.61 Å². The highest BCUT2D eigenvalue weighted by molar-refractivity contribution is 5.91. The summed E-state index contributed by atoms with van der Waals surface area (Å²) in [5, 5.41) is 0. The zero-order valence-corrected chi connectivity index (χ0v) is 19.9. The van der Waals surface area contributed by atoms with Gasteiger partial charge < -0.3 is 23.7 Å². The maximum atomic E-state index is 12.9. The van der Waals surface area contributed by atoms with Crippen molar-refractivity contribution in [1.29, 1.82) is 0 Å². The monoisotopic (exact) mass is 504 g/mol. The van der Waals surface area contributed by atoms with E-state index in [1.807, 2.05) is 0 Å². The summed E-state index contributed by atoms with van der Waals surface area (Å²) < 4.78 is 27.7. The van der Waals surface area contributed by atoms with Gasteiger partial charge in [-0.3, -0.25) is 4.79 Å². The van der Waals surface area contributed by atoms with E-state index in [0.717, 1.165) is 6.92 Å². The van der Waals surface area contributed by atoms with Crippen LogP contribution in [0.1, 0.15) is 38.0 Å². The molecule has 1 heterocycles. The van der Waals surface area contributed by atoms with E-state index in [-0.39, 0.29) is 17.7 Å². The van der Waals surface area contributed by atoms with Crippen LogP contribution in [-0.2, 0) is 28.5 Å². The molecule has 0 radical (unpaired) electrons. The van der Waals surface area contributed by atoms with Crippen molar-refractivity contribution in [3.8, 4) is 0 Å². The van der Waals surface area contributed by atoms with Gasteiger partial charge in [0.2, 0.25) is 12.4 Å². The maximum Gasteiger partial charge on any atom is 0.338 e. The Morgan fingerprint density at radius 1 is 0.622 bits per heavy atom. The maximum absolute atomic E-state index is 12.9. The van der Waals surface area contributed by atoms with Crippen molar-refractivity contribution in [2.24, 2.45) is 0 Å². The fraction of sp³-hybridized carbons (Fsp3) is 0.214. The van der Waals surface area contributed by atoms with Gasteiger partial charge in [0.25, 0.3) is 0 Å². The number of rotatable bonds is 8. The van der Waals surface area contributed by atoms with E-state index in [4.69, 9.17) is 23.7 Å². The first kappa shape index (κ1) is 25.6. The van der Waals surface area contributed by atoms with Crippen LogP contribution >= 0.6 is 0 Å². The number of esters is 4. The predicted octanol–water partition coefficient (Wildman–Crippen LogP) is 3.58. The highest BCUT2D eigenvalue weighted by Crippen LogP contribution is 2.30. The lowest BCUT2D eigenvalue weighted by Gasteiger charge is -2.24. The van der Waals surface area contributed by atoms with Gasteiger partial charge in [-0.1, -0.05) is 54.6 Å². The molecule has 3 aromatic carbocycles. The molecule has 1 unspecified atom stereocenters. The second kappa shape index (κ2) is 12.0. The fourth-order valence-corrected chi connectivity index (χ4v) is 3.70. The topological polar surface area (TPSA) is 114 Å². The highest BCUT2D eigenvalue weighted by Gasteiger charge is 2.52. The number of carbonyl (C=O) groups excluding carboxylic acids is 4. The van der Waals surface area contributed by atoms with Gasteiger partial charge in [0.1, 0.15) is 12.7 Å². The molecule has 37 heavy (non-hydrogen) atoms. The Kier molecular flexibility index (Phi) is 8.27. The van der Waals surface area contributed by atoms with Gasteiger partial charge in [0, 0.05) is 6.92 Å². The smallest absolute Gasteiger partial charge is 0.338 e. The number of benzene rings is 3. The summed E-state index contributed by atoms with van der Waals surface area (Å²) in [6.07, 6.45) is -5.09. The number of ether oxygens (including phenoxy) is 5. The third kappa shape index (κ3) is 6.59. The van der Waals surface area contributed by atoms with E-state index in [2.05, 4.69) is 0 Å². The number of carbonyl (C=O) groups is 4. The molecule has 1 saturated heterocycles. The molecule has 0 spiro atoms. The lowest BCUT2D eigenvalue weighted by Crippen LogP contribution is -2.42. The Hall–Kier alpha value is -4.50. The molecule has 1 fully saturated rings. The molecule has 0 amide bonds. The van der Waals surface area contributed by atoms with Gasteiger partial charge in [0.05, 0.1) is 16.7 Å². The van der Waals surface area contributed by atoms with Crippen LogP contribution in [0, 0.1) is 0 Å². The molecule has 0 N–H and O–H groups in total. The third-order valence-corrected chi connectivity index (χ3v) is 5.44. The summed E-state index contributed by atoms with van der Waals surface area (Å²) in [5.74, 6) is -2.81. The van der Waals surface area contributed by atoms with Crippen LogP contribution in [0.2, 0.25) is 0 Å². The van der Waals surface area contributed by atoms with E-state index < -0.39 is 48.5 Å². The van der Waals surface area contributed by atoms with Crippen LogP contribution in [0.4, 0.5) is 0 Å². The second-order valence-corrected chi connectivity index (χ2v) is 8.09. The first-order valence-corrected chi connectivity index (χ1v) is 11.5. The van der Waals surface area contributed by atoms with Gasteiger partial charge >= 0.3 is 23.9 Å². The van der Waals surface area contributed by atoms with E-state index in [1.165, 1.54) is 0 Å². The first-order chi connectivity index (χ1) is 17.9. The van der Waals surface area contributed by atoms with Crippen LogP contribution < -0.4 is 0 Å². The normalized spacial score (nSPS) is 20.5. The molecule has 1 aliphatic heterocycles. The van der Waals surface area contributed by atoms with E-state index >= 15 is 0 Å². The summed E-state index contributed by atoms with van der Waals surface area (Å²) in [6, 6.07) is 24.6. The minimum absolute atomic E-state index is 0.233. The van der Waals surface area contributed by atoms with E-state index in [0.29, 0.717) is 5.56 Å². The van der Waals surface area contributed by atoms with Gasteiger partial charge in [0.15, 0.2) is 6.10 Å². The van der Waals surface area contributed by atoms with Gasteiger partial charge in [-0.05, 0) is 36.4 Å². The van der Waals surface area contributed by atoms with Gasteiger partial charge in [-0.2, -0.15) is 0 Å². The molecule has 0 aromatic heterocycles. The molecule has 3 aromatic rings. The third-order valence-electron chi connectivity index (χ3n) is 5.44. The summed E-state index contributed by atoms with van der Waals surface area (Å²) in [4.78, 5) is 50.0. The zero-order chi connectivity index (χ0) is 26.2. The van der Waals surface area contributed by atoms with Crippen molar-refractivity contribution in [2.45, 2.75) is 31.5 Å². The van der Waals surface area contributed by atoms with Crippen molar-refractivity contribution >= 4 is 23.9 Å². The highest BCUT2D eigenvalue weighted by atomic mass is 16.8. The minimum atomic E-state index is -1.40. The molecule has 4 rings (SSSR count). The summed E-state index contributed by atoms with van der Waals surface area (Å²) in [7, 11) is 0. The molecular formula is C28H24O9. The van der Waals surface area contributed by atoms with Crippen LogP contribution in [0.25, 0.3) is 0 Å². The van der Waals surface area contributed by atoms with Crippen LogP contribution in [0.3, 0.4) is 0 Å². The van der Waals surface area contributed by atoms with E-state index in [1.54, 1.807) is 91.0 Å². The van der Waals surface area contributed by atoms with Crippen LogP contribution in [-0.4, -0.2) is 55.1 Å². The molecule has 0 bridgehead atoms. The first-order valence-electron chi connectivity index (χ1n) is 11.5. The molecule has 0 saturated carbocycles. The summed E-state index contributed by atoms with van der Waals surface area (Å²) >= 11 is 0. The predicted molar refractivity (Wildman–Crippen MR) is 128 cm³/mol. The SMILES string of the molecule is CC(=O)O[C@H]1O[C@@H](COC(=O)c2ccccc2)C(OC(=O)c2ccccc2)[C@H]1OC(=O)c1ccccc1. The number of hydrogen-bond donors (Lipinski definition) is 0. The lowest BCUT2D eigenvalue weighted by molar-refractivity contribution is -0.187. The molecule has 9 nitrogen and oxygen atoms in total. The Labute approximate surface area is 212 Å². The fourth-order valence-electron chi connectivity index (χ4n) is 3.70. The largest absolute Gasteiger partial charge is 0.459 e. The summed E-state index contributed by atoms with van der Waals surface area (Å²) in [6.45, 7) is 0.796. The Bertz CT molecular complexity index is 1230. The average molecular weight is 504 g/mol. The van der Waals surface area contributed by atoms with Crippen molar-refractivity contribution in [3.05, 3.63) is 108 Å². The summed E-state index contributed by atoms with van der Waals surface area (Å²) in [5.41, 5.74) is 0.782. The van der Waals surface area contributed by atoms with Gasteiger partial charge in [-0.25, -0.2) is 14.4 Å². The number of hydrogen-bond acceptors (Lipinski definition) is 9. The van der Waals surface area contributed by atoms with Crippen molar-refractivity contribution < 1.29 is 42.9 Å². The molecule has 0 aliphatic carbocycles. The Morgan fingerprint density at radius 3 is 1.51 bits per heavy atom. The molecule has 9 heteroatoms. The standard InChI is InChI=1S/C28H24O9/c1-18(29)34-28-24(37-27(32)21-15-9-4-10-16-21)23(36-26(31)20-13-7-3-8-14-20)22(35-28)17-33-25(30)19-11-5-2-6-12-19/h2-16,22-24,28H,17H2,1H3/t22-,23?,24+,28-/m0/s1. The average Bonchev–Trinajstić information content (AvgIpc) is 3.23. The van der Waals surface area contributed by atoms with Gasteiger partial charge in [-0.15, -0.1) is 0 Å². The van der Waals surface area contributed by atoms with E-state index in [9.17, 15) is 19.2 Å². The van der Waals surface area contributed by atoms with Crippen LogP contribution in [0.5, 0.6) is 0 Å². The minimum Gasteiger partial charge on any atom is -0.459 e. The molecular weight excluding hydrogens is 480 g/mol. The quantitative estimate of drug-likeness (QED) is 0.335. The zero-order valence-electron chi connectivity index (χ0n) is 19.9. The molecule has 190 valence electrons. The Balaban J connectivity index is 1.58. The molecule has 1 aliphatic rings. The van der Waals surface area contributed by atoms with Crippen LogP contribution in [0.15, 0.2) is 91.0 Å². The Morgan fingerprint density at radius 2 is 1.05 bits per heavy atom. The second-order valence-electron chi connectivity index (χ2n) is 8.09. The van der Waals surface area contributed by atoms with Crippen molar-refractivity contribution in [3.63, 3.8) is 0 Å².